The van der Waals surface area contributed by atoms with Crippen molar-refractivity contribution in [3.05, 3.63) is 28.9 Å². The standard InChI is InChI=1S/C14H15ClN2O/c1-2-3-8-18-12-5-4-11-13(14(12)15)10(6-7-16)9-17-11/h4-5,9,17H,2-3,6,8H2,1H3. The molecule has 3 nitrogen and oxygen atoms in total. The number of unbranched alkanes of at least 4 members (excludes halogenated alkanes) is 1. The highest BCUT2D eigenvalue weighted by atomic mass is 35.5. The Balaban J connectivity index is 2.36. The maximum absolute atomic E-state index is 8.79. The third kappa shape index (κ3) is 2.44. The van der Waals surface area contributed by atoms with Crippen LogP contribution in [0.15, 0.2) is 18.3 Å². The number of aromatic nitrogens is 1. The van der Waals surface area contributed by atoms with Gasteiger partial charge in [-0.3, -0.25) is 0 Å². The lowest BCUT2D eigenvalue weighted by Crippen LogP contribution is -1.97. The molecule has 1 N–H and O–H groups in total. The van der Waals surface area contributed by atoms with Crippen LogP contribution in [0.4, 0.5) is 0 Å². The van der Waals surface area contributed by atoms with Gasteiger partial charge in [0.1, 0.15) is 5.75 Å². The lowest BCUT2D eigenvalue weighted by molar-refractivity contribution is 0.310. The number of hydrogen-bond donors (Lipinski definition) is 1. The quantitative estimate of drug-likeness (QED) is 0.826. The minimum Gasteiger partial charge on any atom is -0.492 e. The first kappa shape index (κ1) is 12.8. The van der Waals surface area contributed by atoms with E-state index in [1.54, 1.807) is 0 Å². The van der Waals surface area contributed by atoms with Gasteiger partial charge >= 0.3 is 0 Å². The lowest BCUT2D eigenvalue weighted by Gasteiger charge is -2.08. The SMILES string of the molecule is CCCCOc1ccc2[nH]cc(CC#N)c2c1Cl. The van der Waals surface area contributed by atoms with Crippen molar-refractivity contribution in [3.8, 4) is 11.8 Å². The largest absolute Gasteiger partial charge is 0.492 e. The number of benzene rings is 1. The molecule has 0 unspecified atom stereocenters. The normalized spacial score (nSPS) is 10.5. The van der Waals surface area contributed by atoms with Crippen molar-refractivity contribution in [2.45, 2.75) is 26.2 Å². The monoisotopic (exact) mass is 262 g/mol. The summed E-state index contributed by atoms with van der Waals surface area (Å²) in [5, 5.41) is 10.3. The van der Waals surface area contributed by atoms with E-state index in [9.17, 15) is 0 Å². The summed E-state index contributed by atoms with van der Waals surface area (Å²) in [7, 11) is 0. The first-order valence-electron chi connectivity index (χ1n) is 6.06. The van der Waals surface area contributed by atoms with Gasteiger partial charge in [-0.25, -0.2) is 0 Å². The maximum Gasteiger partial charge on any atom is 0.138 e. The number of ether oxygens (including phenoxy) is 1. The molecular weight excluding hydrogens is 248 g/mol. The van der Waals surface area contributed by atoms with Gasteiger partial charge in [0.05, 0.1) is 24.1 Å². The van der Waals surface area contributed by atoms with Crippen LogP contribution in [-0.2, 0) is 6.42 Å². The second kappa shape index (κ2) is 5.79. The summed E-state index contributed by atoms with van der Waals surface area (Å²) in [6, 6.07) is 5.94. The molecule has 0 fully saturated rings. The third-order valence-corrected chi connectivity index (χ3v) is 3.23. The maximum atomic E-state index is 8.79. The molecule has 2 rings (SSSR count). The van der Waals surface area contributed by atoms with Crippen molar-refractivity contribution < 1.29 is 4.74 Å². The summed E-state index contributed by atoms with van der Waals surface area (Å²) in [6.07, 6.45) is 4.27. The van der Waals surface area contributed by atoms with E-state index in [4.69, 9.17) is 21.6 Å². The molecule has 0 saturated carbocycles. The van der Waals surface area contributed by atoms with Crippen LogP contribution in [0.3, 0.4) is 0 Å². The van der Waals surface area contributed by atoms with Crippen molar-refractivity contribution in [2.75, 3.05) is 6.61 Å². The van der Waals surface area contributed by atoms with Crippen molar-refractivity contribution in [1.82, 2.24) is 4.98 Å². The van der Waals surface area contributed by atoms with Crippen molar-refractivity contribution in [2.24, 2.45) is 0 Å². The van der Waals surface area contributed by atoms with E-state index in [2.05, 4.69) is 18.0 Å². The van der Waals surface area contributed by atoms with Gasteiger partial charge < -0.3 is 9.72 Å². The van der Waals surface area contributed by atoms with E-state index >= 15 is 0 Å². The number of rotatable bonds is 5. The summed E-state index contributed by atoms with van der Waals surface area (Å²) in [4.78, 5) is 3.12. The first-order valence-corrected chi connectivity index (χ1v) is 6.44. The molecule has 4 heteroatoms. The molecule has 0 aliphatic rings. The predicted octanol–water partition coefficient (Wildman–Crippen LogP) is 4.07. The molecule has 0 aliphatic heterocycles. The Morgan fingerprint density at radius 2 is 2.28 bits per heavy atom. The average molecular weight is 263 g/mol. The second-order valence-corrected chi connectivity index (χ2v) is 4.53. The van der Waals surface area contributed by atoms with Crippen LogP contribution in [0.1, 0.15) is 25.3 Å². The van der Waals surface area contributed by atoms with E-state index in [0.717, 1.165) is 29.3 Å². The molecule has 0 bridgehead atoms. The van der Waals surface area contributed by atoms with Gasteiger partial charge in [-0.2, -0.15) is 5.26 Å². The Bertz CT molecular complexity index is 583. The van der Waals surface area contributed by atoms with E-state index in [1.807, 2.05) is 18.3 Å². The average Bonchev–Trinajstić information content (AvgIpc) is 2.77. The van der Waals surface area contributed by atoms with Gasteiger partial charge in [0, 0.05) is 17.1 Å². The van der Waals surface area contributed by atoms with Gasteiger partial charge in [0.25, 0.3) is 0 Å². The molecule has 0 aliphatic carbocycles. The fraction of sp³-hybridized carbons (Fsp3) is 0.357. The van der Waals surface area contributed by atoms with Gasteiger partial charge in [0.2, 0.25) is 0 Å². The molecule has 94 valence electrons. The number of halogens is 1. The first-order chi connectivity index (χ1) is 8.77. The van der Waals surface area contributed by atoms with E-state index < -0.39 is 0 Å². The zero-order valence-electron chi connectivity index (χ0n) is 10.3. The van der Waals surface area contributed by atoms with Gasteiger partial charge in [-0.15, -0.1) is 0 Å². The van der Waals surface area contributed by atoms with E-state index in [-0.39, 0.29) is 0 Å². The van der Waals surface area contributed by atoms with Crippen molar-refractivity contribution >= 4 is 22.5 Å². The molecule has 0 radical (unpaired) electrons. The number of nitriles is 1. The molecule has 0 atom stereocenters. The van der Waals surface area contributed by atoms with Crippen molar-refractivity contribution in [3.63, 3.8) is 0 Å². The van der Waals surface area contributed by atoms with Gasteiger partial charge in [-0.1, -0.05) is 24.9 Å². The fourth-order valence-electron chi connectivity index (χ4n) is 1.89. The summed E-state index contributed by atoms with van der Waals surface area (Å²) in [5.41, 5.74) is 1.85. The summed E-state index contributed by atoms with van der Waals surface area (Å²) < 4.78 is 5.66. The molecule has 0 amide bonds. The minimum atomic E-state index is 0.345. The topological polar surface area (TPSA) is 48.8 Å². The summed E-state index contributed by atoms with van der Waals surface area (Å²) in [5.74, 6) is 0.691. The molecule has 18 heavy (non-hydrogen) atoms. The highest BCUT2D eigenvalue weighted by Crippen LogP contribution is 2.35. The number of fused-ring (bicyclic) bond motifs is 1. The molecule has 1 aromatic carbocycles. The zero-order valence-corrected chi connectivity index (χ0v) is 11.0. The van der Waals surface area contributed by atoms with Gasteiger partial charge in [0.15, 0.2) is 0 Å². The third-order valence-electron chi connectivity index (χ3n) is 2.85. The Morgan fingerprint density at radius 3 is 3.00 bits per heavy atom. The zero-order chi connectivity index (χ0) is 13.0. The lowest BCUT2D eigenvalue weighted by atomic mass is 10.1. The molecule has 1 heterocycles. The smallest absolute Gasteiger partial charge is 0.138 e. The second-order valence-electron chi connectivity index (χ2n) is 4.15. The van der Waals surface area contributed by atoms with E-state index in [1.165, 1.54) is 0 Å². The van der Waals surface area contributed by atoms with Crippen LogP contribution < -0.4 is 4.74 Å². The van der Waals surface area contributed by atoms with Crippen LogP contribution in [0, 0.1) is 11.3 Å². The van der Waals surface area contributed by atoms with Crippen LogP contribution in [0.25, 0.3) is 10.9 Å². The Kier molecular flexibility index (Phi) is 4.11. The molecular formula is C14H15ClN2O. The molecule has 0 saturated heterocycles. The van der Waals surface area contributed by atoms with E-state index in [0.29, 0.717) is 23.8 Å². The fourth-order valence-corrected chi connectivity index (χ4v) is 2.23. The van der Waals surface area contributed by atoms with Crippen LogP contribution in [0.2, 0.25) is 5.02 Å². The Hall–Kier alpha value is -1.66. The molecule has 2 aromatic rings. The minimum absolute atomic E-state index is 0.345. The molecule has 1 aromatic heterocycles. The molecule has 0 spiro atoms. The number of nitrogens with one attached hydrogen (secondary N) is 1. The number of hydrogen-bond acceptors (Lipinski definition) is 2. The number of H-pyrrole nitrogens is 1. The van der Waals surface area contributed by atoms with Crippen molar-refractivity contribution in [1.29, 1.82) is 5.26 Å². The highest BCUT2D eigenvalue weighted by Gasteiger charge is 2.12. The van der Waals surface area contributed by atoms with Gasteiger partial charge in [-0.05, 0) is 24.1 Å². The highest BCUT2D eigenvalue weighted by molar-refractivity contribution is 6.37. The number of nitrogens with zero attached hydrogens (tertiary/aromatic N) is 1. The van der Waals surface area contributed by atoms with Crippen LogP contribution in [0.5, 0.6) is 5.75 Å². The Labute approximate surface area is 111 Å². The summed E-state index contributed by atoms with van der Waals surface area (Å²) in [6.45, 7) is 2.78. The van der Waals surface area contributed by atoms with Crippen LogP contribution >= 0.6 is 11.6 Å². The number of aromatic amines is 1. The Morgan fingerprint density at radius 1 is 1.44 bits per heavy atom. The summed E-state index contributed by atoms with van der Waals surface area (Å²) >= 11 is 6.35. The predicted molar refractivity (Wildman–Crippen MR) is 73.0 cm³/mol. The van der Waals surface area contributed by atoms with Crippen LogP contribution in [-0.4, -0.2) is 11.6 Å².